The van der Waals surface area contributed by atoms with Crippen molar-refractivity contribution in [1.82, 2.24) is 0 Å². The summed E-state index contributed by atoms with van der Waals surface area (Å²) in [5, 5.41) is -5.47. The second-order valence-electron chi connectivity index (χ2n) is 3.90. The molecule has 0 spiro atoms. The average molecular weight is 470 g/mol. The summed E-state index contributed by atoms with van der Waals surface area (Å²) in [7, 11) is -28.4. The van der Waals surface area contributed by atoms with Crippen LogP contribution < -0.4 is 18.9 Å². The van der Waals surface area contributed by atoms with Crippen LogP contribution in [0.5, 0.6) is 0 Å². The van der Waals surface area contributed by atoms with Crippen molar-refractivity contribution in [2.24, 2.45) is 0 Å². The Balaban J connectivity index is -0.00000264. The van der Waals surface area contributed by atoms with Crippen LogP contribution in [0, 0.1) is 0 Å². The van der Waals surface area contributed by atoms with E-state index in [2.05, 4.69) is 11.9 Å². The van der Waals surface area contributed by atoms with Crippen molar-refractivity contribution < 1.29 is 83.8 Å². The predicted molar refractivity (Wildman–Crippen MR) is 71.9 cm³/mol. The predicted octanol–water partition coefficient (Wildman–Crippen LogP) is -4.01. The van der Waals surface area contributed by atoms with Gasteiger partial charge in [0.2, 0.25) is 0 Å². The normalized spacial score (nSPS) is 14.8. The Hall–Kier alpha value is 0.327. The maximum atomic E-state index is 13.3. The second kappa shape index (κ2) is 8.14. The van der Waals surface area contributed by atoms with E-state index in [1.54, 1.807) is 0 Å². The average Bonchev–Trinajstić information content (AvgIpc) is 2.01. The van der Waals surface area contributed by atoms with E-state index in [4.69, 9.17) is 4.55 Å². The van der Waals surface area contributed by atoms with Crippen LogP contribution in [0.1, 0.15) is 1.43 Å². The zero-order valence-corrected chi connectivity index (χ0v) is 16.5. The molecule has 0 aromatic rings. The Kier molecular flexibility index (Phi) is 8.97. The first kappa shape index (κ1) is 27.5. The van der Waals surface area contributed by atoms with E-state index in [9.17, 15) is 47.0 Å². The van der Waals surface area contributed by atoms with Gasteiger partial charge in [-0.1, -0.05) is 0 Å². The van der Waals surface area contributed by atoms with Gasteiger partial charge in [0.15, 0.2) is 5.75 Å². The molecule has 0 bridgehead atoms. The Labute approximate surface area is 155 Å². The molecule has 148 valence electrons. The van der Waals surface area contributed by atoms with Gasteiger partial charge in [-0.05, 0) is 0 Å². The zero-order valence-electron chi connectivity index (χ0n) is 13.4. The molecule has 0 aliphatic carbocycles. The fraction of sp³-hybridized carbons (Fsp3) is 1.00. The molecular weight excluding hydrogens is 460 g/mol. The molecule has 0 saturated heterocycles. The third-order valence-corrected chi connectivity index (χ3v) is 8.29. The number of hydrogen-bond donors (Lipinski definition) is 1. The van der Waals surface area contributed by atoms with E-state index in [0.717, 1.165) is 0 Å². The fourth-order valence-corrected chi connectivity index (χ4v) is 7.30. The number of rotatable bonds is 9. The fourth-order valence-electron chi connectivity index (χ4n) is 0.828. The van der Waals surface area contributed by atoms with Crippen LogP contribution in [0.15, 0.2) is 0 Å². The van der Waals surface area contributed by atoms with Crippen molar-refractivity contribution >= 4 is 48.3 Å². The molecule has 0 aromatic carbocycles. The summed E-state index contributed by atoms with van der Waals surface area (Å²) in [6.07, 6.45) is 0.217. The molecule has 0 aliphatic heterocycles. The van der Waals surface area contributed by atoms with E-state index in [1.807, 2.05) is 0 Å². The first-order chi connectivity index (χ1) is 10.1. The van der Waals surface area contributed by atoms with E-state index >= 15 is 0 Å². The van der Waals surface area contributed by atoms with Gasteiger partial charge in [0.25, 0.3) is 30.4 Å². The molecule has 0 rings (SSSR count). The van der Waals surface area contributed by atoms with Crippen molar-refractivity contribution in [1.29, 1.82) is 0 Å². The van der Waals surface area contributed by atoms with E-state index in [1.165, 1.54) is 0 Å². The largest absolute Gasteiger partial charge is 1.00 e. The van der Waals surface area contributed by atoms with Crippen LogP contribution in [0.2, 0.25) is 0 Å². The minimum Gasteiger partial charge on any atom is -1.00 e. The second-order valence-corrected chi connectivity index (χ2v) is 12.4. The van der Waals surface area contributed by atoms with Crippen molar-refractivity contribution in [2.75, 3.05) is 18.3 Å². The summed E-state index contributed by atoms with van der Waals surface area (Å²) in [6.45, 7) is 0. The molecule has 0 amide bonds. The molecule has 0 heterocycles. The van der Waals surface area contributed by atoms with Gasteiger partial charge in [-0.3, -0.25) is 4.55 Å². The molecule has 0 radical (unpaired) electrons. The van der Waals surface area contributed by atoms with Crippen LogP contribution in [-0.4, -0.2) is 61.7 Å². The number of phosphoric acid groups is 1. The summed E-state index contributed by atoms with van der Waals surface area (Å²) in [4.78, 5) is 0. The molecule has 1 N–H and O–H groups in total. The maximum absolute atomic E-state index is 13.3. The maximum Gasteiger partial charge on any atom is 1.00 e. The smallest absolute Gasteiger partial charge is 1.00 e. The summed E-state index contributed by atoms with van der Waals surface area (Å²) >= 11 is 0. The Morgan fingerprint density at radius 1 is 0.920 bits per heavy atom. The standard InChI is InChI=1S/C4H9F2O13PS4.Li.H/c1-21(8,9)17-20(7,18-22(2,10)11)19-24(15,16)4(5,6)3-23(12,13)14;;/h3H2,1-2H3,(H,12,13,14);;/q;+1;-1. The minimum absolute atomic E-state index is 0. The first-order valence-corrected chi connectivity index (χ1v) is 12.9. The molecule has 25 heavy (non-hydrogen) atoms. The molecule has 0 saturated carbocycles. The number of hydrogen-bond acceptors (Lipinski definition) is 12. The van der Waals surface area contributed by atoms with Crippen LogP contribution in [0.4, 0.5) is 8.78 Å². The monoisotopic (exact) mass is 470 g/mol. The number of halogens is 2. The van der Waals surface area contributed by atoms with Gasteiger partial charge in [0.1, 0.15) is 0 Å². The van der Waals surface area contributed by atoms with Crippen molar-refractivity contribution in [2.45, 2.75) is 5.25 Å². The van der Waals surface area contributed by atoms with Crippen LogP contribution in [-0.2, 0) is 56.9 Å². The Morgan fingerprint density at radius 2 is 1.24 bits per heavy atom. The summed E-state index contributed by atoms with van der Waals surface area (Å²) in [5.74, 6) is -2.78. The zero-order chi connectivity index (χ0) is 19.8. The molecule has 21 heteroatoms. The van der Waals surface area contributed by atoms with Gasteiger partial charge < -0.3 is 1.43 Å². The van der Waals surface area contributed by atoms with Gasteiger partial charge in [-0.15, -0.1) is 0 Å². The van der Waals surface area contributed by atoms with Crippen LogP contribution in [0.25, 0.3) is 0 Å². The van der Waals surface area contributed by atoms with Crippen molar-refractivity contribution in [3.63, 3.8) is 0 Å². The van der Waals surface area contributed by atoms with E-state index in [0.29, 0.717) is 0 Å². The summed E-state index contributed by atoms with van der Waals surface area (Å²) in [5.41, 5.74) is 0. The SMILES string of the molecule is CS(=O)(=O)OP(=O)(OS(C)(=O)=O)OS(=O)(=O)C(F)(F)CS(=O)(=O)O.[H-].[Li+]. The minimum atomic E-state index is -6.61. The molecule has 0 fully saturated rings. The van der Waals surface area contributed by atoms with Gasteiger partial charge in [-0.2, -0.15) is 54.4 Å². The first-order valence-electron chi connectivity index (χ1n) is 4.79. The molecular formula is C4H10F2LiO13PS4. The molecule has 0 aliphatic rings. The quantitative estimate of drug-likeness (QED) is 0.194. The summed E-state index contributed by atoms with van der Waals surface area (Å²) < 4.78 is 143. The third kappa shape index (κ3) is 10.9. The number of alkyl halides is 2. The van der Waals surface area contributed by atoms with Gasteiger partial charge in [0.05, 0.1) is 12.5 Å². The van der Waals surface area contributed by atoms with E-state index in [-0.39, 0.29) is 32.8 Å². The van der Waals surface area contributed by atoms with Crippen molar-refractivity contribution in [3.8, 4) is 0 Å². The molecule has 13 nitrogen and oxygen atoms in total. The van der Waals surface area contributed by atoms with Gasteiger partial charge >= 0.3 is 42.1 Å². The van der Waals surface area contributed by atoms with Crippen LogP contribution >= 0.6 is 7.82 Å². The third-order valence-electron chi connectivity index (χ3n) is 1.36. The topological polar surface area (TPSA) is 202 Å². The Bertz CT molecular complexity index is 916. The van der Waals surface area contributed by atoms with Gasteiger partial charge in [-0.25, -0.2) is 4.57 Å². The van der Waals surface area contributed by atoms with E-state index < -0.39 is 59.3 Å². The van der Waals surface area contributed by atoms with Gasteiger partial charge in [0, 0.05) is 0 Å². The summed E-state index contributed by atoms with van der Waals surface area (Å²) in [6, 6.07) is 0. The molecule has 0 atom stereocenters. The van der Waals surface area contributed by atoms with Crippen LogP contribution in [0.3, 0.4) is 0 Å². The molecule has 0 aromatic heterocycles. The molecule has 0 unspecified atom stereocenters. The Morgan fingerprint density at radius 3 is 1.48 bits per heavy atom. The van der Waals surface area contributed by atoms with Crippen molar-refractivity contribution in [3.05, 3.63) is 0 Å².